The summed E-state index contributed by atoms with van der Waals surface area (Å²) < 4.78 is 15.2. The first-order chi connectivity index (χ1) is 12.7. The van der Waals surface area contributed by atoms with Crippen molar-refractivity contribution in [1.29, 1.82) is 0 Å². The Morgan fingerprint density at radius 2 is 2.12 bits per heavy atom. The second kappa shape index (κ2) is 6.63. The number of hydrogen-bond acceptors (Lipinski definition) is 3. The Morgan fingerprint density at radius 1 is 1.27 bits per heavy atom. The first kappa shape index (κ1) is 16.3. The lowest BCUT2D eigenvalue weighted by Crippen LogP contribution is -2.14. The number of fused-ring (bicyclic) bond motifs is 2. The molecular weight excluding hydrogens is 331 g/mol. The van der Waals surface area contributed by atoms with Gasteiger partial charge >= 0.3 is 0 Å². The lowest BCUT2D eigenvalue weighted by Gasteiger charge is -2.09. The van der Waals surface area contributed by atoms with Gasteiger partial charge in [0.05, 0.1) is 11.0 Å². The maximum atomic E-state index is 13.6. The van der Waals surface area contributed by atoms with Gasteiger partial charge in [-0.25, -0.2) is 13.9 Å². The summed E-state index contributed by atoms with van der Waals surface area (Å²) in [5.74, 6) is 0.243. The fraction of sp³-hybridized carbons (Fsp3) is 0.200. The molecule has 0 radical (unpaired) electrons. The molecule has 0 fully saturated rings. The number of halogens is 1. The van der Waals surface area contributed by atoms with Gasteiger partial charge in [-0.15, -0.1) is 0 Å². The number of benzene rings is 2. The molecule has 0 saturated heterocycles. The highest BCUT2D eigenvalue weighted by molar-refractivity contribution is 5.94. The second-order valence-corrected chi connectivity index (χ2v) is 6.26. The van der Waals surface area contributed by atoms with E-state index in [1.54, 1.807) is 10.6 Å². The summed E-state index contributed by atoms with van der Waals surface area (Å²) in [4.78, 5) is 20.3. The van der Waals surface area contributed by atoms with E-state index in [-0.39, 0.29) is 11.7 Å². The molecule has 0 amide bonds. The van der Waals surface area contributed by atoms with E-state index >= 15 is 0 Å². The van der Waals surface area contributed by atoms with Crippen molar-refractivity contribution in [3.8, 4) is 0 Å². The number of hydrogen-bond donors (Lipinski definition) is 2. The summed E-state index contributed by atoms with van der Waals surface area (Å²) in [5.41, 5.74) is 3.35. The smallest absolute Gasteiger partial charge is 0.233 e. The van der Waals surface area contributed by atoms with Gasteiger partial charge < -0.3 is 10.3 Å². The molecule has 0 atom stereocenters. The van der Waals surface area contributed by atoms with Crippen LogP contribution in [0.3, 0.4) is 0 Å². The molecule has 2 N–H and O–H groups in total. The number of nitrogens with zero attached hydrogens (tertiary/aromatic N) is 2. The summed E-state index contributed by atoms with van der Waals surface area (Å²) in [6.07, 6.45) is 3.07. The van der Waals surface area contributed by atoms with Gasteiger partial charge in [0.2, 0.25) is 11.9 Å². The van der Waals surface area contributed by atoms with Gasteiger partial charge in [-0.1, -0.05) is 19.1 Å². The molecule has 0 unspecified atom stereocenters. The van der Waals surface area contributed by atoms with Crippen LogP contribution in [0.1, 0.15) is 30.1 Å². The Kier molecular flexibility index (Phi) is 4.16. The van der Waals surface area contributed by atoms with Crippen LogP contribution in [-0.4, -0.2) is 20.4 Å². The molecule has 6 heteroatoms. The summed E-state index contributed by atoms with van der Waals surface area (Å²) in [6, 6.07) is 12.2. The number of aromatic amines is 1. The largest absolute Gasteiger partial charge is 0.361 e. The average Bonchev–Trinajstić information content (AvgIpc) is 3.20. The molecule has 26 heavy (non-hydrogen) atoms. The topological polar surface area (TPSA) is 62.7 Å². The maximum Gasteiger partial charge on any atom is 0.233 e. The quantitative estimate of drug-likeness (QED) is 0.548. The monoisotopic (exact) mass is 350 g/mol. The van der Waals surface area contributed by atoms with Gasteiger partial charge in [0.25, 0.3) is 0 Å². The van der Waals surface area contributed by atoms with Gasteiger partial charge in [0.1, 0.15) is 5.82 Å². The summed E-state index contributed by atoms with van der Waals surface area (Å²) in [6.45, 7) is 2.41. The third kappa shape index (κ3) is 2.83. The lowest BCUT2D eigenvalue weighted by molar-refractivity contribution is 0.0909. The summed E-state index contributed by atoms with van der Waals surface area (Å²) >= 11 is 0. The SMILES string of the molecule is CCCC(=O)n1c(NCc2c[nH]c3ccc(F)cc23)nc2ccccc21. The third-order valence-electron chi connectivity index (χ3n) is 4.44. The predicted molar refractivity (Wildman–Crippen MR) is 101 cm³/mol. The van der Waals surface area contributed by atoms with Crippen molar-refractivity contribution in [3.05, 3.63) is 60.0 Å². The van der Waals surface area contributed by atoms with E-state index in [9.17, 15) is 9.18 Å². The number of carbonyl (C=O) groups is 1. The Balaban J connectivity index is 1.69. The van der Waals surface area contributed by atoms with E-state index in [2.05, 4.69) is 15.3 Å². The van der Waals surface area contributed by atoms with Gasteiger partial charge in [0, 0.05) is 30.1 Å². The number of para-hydroxylation sites is 2. The average molecular weight is 350 g/mol. The molecule has 132 valence electrons. The van der Waals surface area contributed by atoms with Crippen molar-refractivity contribution in [3.63, 3.8) is 0 Å². The first-order valence-electron chi connectivity index (χ1n) is 8.67. The number of aromatic nitrogens is 3. The minimum atomic E-state index is -0.274. The van der Waals surface area contributed by atoms with Crippen LogP contribution in [0, 0.1) is 5.82 Å². The second-order valence-electron chi connectivity index (χ2n) is 6.26. The van der Waals surface area contributed by atoms with Gasteiger partial charge in [-0.2, -0.15) is 0 Å². The number of imidazole rings is 1. The zero-order valence-electron chi connectivity index (χ0n) is 14.4. The minimum absolute atomic E-state index is 0.00803. The van der Waals surface area contributed by atoms with Crippen molar-refractivity contribution in [2.75, 3.05) is 5.32 Å². The van der Waals surface area contributed by atoms with Gasteiger partial charge in [-0.3, -0.25) is 4.79 Å². The van der Waals surface area contributed by atoms with Crippen molar-refractivity contribution in [2.45, 2.75) is 26.3 Å². The highest BCUT2D eigenvalue weighted by Gasteiger charge is 2.16. The summed E-state index contributed by atoms with van der Waals surface area (Å²) in [7, 11) is 0. The Bertz CT molecular complexity index is 1100. The molecule has 4 rings (SSSR count). The van der Waals surface area contributed by atoms with Crippen LogP contribution < -0.4 is 5.32 Å². The molecule has 2 aromatic carbocycles. The Labute approximate surface area is 149 Å². The van der Waals surface area contributed by atoms with E-state index in [4.69, 9.17) is 0 Å². The number of nitrogens with one attached hydrogen (secondary N) is 2. The molecule has 4 aromatic rings. The molecule has 0 spiro atoms. The summed E-state index contributed by atoms with van der Waals surface area (Å²) in [5, 5.41) is 4.06. The Hall–Kier alpha value is -3.15. The van der Waals surface area contributed by atoms with Crippen molar-refractivity contribution < 1.29 is 9.18 Å². The van der Waals surface area contributed by atoms with Gasteiger partial charge in [-0.05, 0) is 42.3 Å². The van der Waals surface area contributed by atoms with Crippen LogP contribution >= 0.6 is 0 Å². The van der Waals surface area contributed by atoms with Crippen molar-refractivity contribution in [2.24, 2.45) is 0 Å². The predicted octanol–water partition coefficient (Wildman–Crippen LogP) is 4.71. The number of H-pyrrole nitrogens is 1. The van der Waals surface area contributed by atoms with E-state index in [0.29, 0.717) is 18.9 Å². The zero-order valence-corrected chi connectivity index (χ0v) is 14.4. The molecule has 5 nitrogen and oxygen atoms in total. The van der Waals surface area contributed by atoms with E-state index in [0.717, 1.165) is 33.9 Å². The molecule has 0 aliphatic carbocycles. The number of rotatable bonds is 5. The zero-order chi connectivity index (χ0) is 18.1. The molecule has 0 bridgehead atoms. The fourth-order valence-electron chi connectivity index (χ4n) is 3.19. The fourth-order valence-corrected chi connectivity index (χ4v) is 3.19. The first-order valence-corrected chi connectivity index (χ1v) is 8.67. The molecule has 0 saturated carbocycles. The lowest BCUT2D eigenvalue weighted by atomic mass is 10.2. The highest BCUT2D eigenvalue weighted by Crippen LogP contribution is 2.23. The molecular formula is C20H19FN4O. The van der Waals surface area contributed by atoms with Gasteiger partial charge in [0.15, 0.2) is 0 Å². The van der Waals surface area contributed by atoms with E-state index in [1.165, 1.54) is 12.1 Å². The van der Waals surface area contributed by atoms with Crippen LogP contribution in [0.25, 0.3) is 21.9 Å². The number of anilines is 1. The third-order valence-corrected chi connectivity index (χ3v) is 4.44. The van der Waals surface area contributed by atoms with Crippen LogP contribution in [0.4, 0.5) is 10.3 Å². The molecule has 0 aliphatic heterocycles. The van der Waals surface area contributed by atoms with Crippen LogP contribution in [0.15, 0.2) is 48.7 Å². The van der Waals surface area contributed by atoms with Crippen LogP contribution in [0.2, 0.25) is 0 Å². The maximum absolute atomic E-state index is 13.6. The molecule has 2 aromatic heterocycles. The minimum Gasteiger partial charge on any atom is -0.361 e. The van der Waals surface area contributed by atoms with E-state index in [1.807, 2.05) is 37.4 Å². The molecule has 0 aliphatic rings. The molecule has 2 heterocycles. The van der Waals surface area contributed by atoms with Crippen molar-refractivity contribution in [1.82, 2.24) is 14.5 Å². The Morgan fingerprint density at radius 3 is 2.96 bits per heavy atom. The van der Waals surface area contributed by atoms with Crippen LogP contribution in [-0.2, 0) is 6.54 Å². The van der Waals surface area contributed by atoms with Crippen LogP contribution in [0.5, 0.6) is 0 Å². The number of carbonyl (C=O) groups excluding carboxylic acids is 1. The standard InChI is InChI=1S/C20H19FN4O/c1-2-5-19(26)25-18-7-4-3-6-17(18)24-20(25)23-12-13-11-22-16-9-8-14(21)10-15(13)16/h3-4,6-11,22H,2,5,12H2,1H3,(H,23,24). The normalized spacial score (nSPS) is 11.3. The highest BCUT2D eigenvalue weighted by atomic mass is 19.1. The van der Waals surface area contributed by atoms with E-state index < -0.39 is 0 Å². The van der Waals surface area contributed by atoms with Crippen molar-refractivity contribution >= 4 is 33.8 Å².